The fourth-order valence-electron chi connectivity index (χ4n) is 1.78. The molecule has 1 heterocycles. The Kier molecular flexibility index (Phi) is 6.09. The molecular weight excluding hydrogens is 186 g/mol. The summed E-state index contributed by atoms with van der Waals surface area (Å²) in [4.78, 5) is 7.13. The highest BCUT2D eigenvalue weighted by Crippen LogP contribution is 2.07. The van der Waals surface area contributed by atoms with Crippen molar-refractivity contribution < 1.29 is 0 Å². The van der Waals surface area contributed by atoms with Crippen LogP contribution in [-0.4, -0.2) is 16.0 Å². The average molecular weight is 209 g/mol. The predicted octanol–water partition coefficient (Wildman–Crippen LogP) is 2.86. The molecule has 0 aliphatic rings. The second-order valence-corrected chi connectivity index (χ2v) is 4.09. The van der Waals surface area contributed by atoms with Gasteiger partial charge in [-0.15, -0.1) is 0 Å². The second kappa shape index (κ2) is 7.46. The van der Waals surface area contributed by atoms with Crippen LogP contribution in [0.15, 0.2) is 12.5 Å². The van der Waals surface area contributed by atoms with Gasteiger partial charge in [0.25, 0.3) is 0 Å². The van der Waals surface area contributed by atoms with E-state index >= 15 is 0 Å². The monoisotopic (exact) mass is 209 g/mol. The summed E-state index contributed by atoms with van der Waals surface area (Å²) in [7, 11) is 0. The van der Waals surface area contributed by atoms with E-state index in [4.69, 9.17) is 0 Å². The van der Waals surface area contributed by atoms with Gasteiger partial charge in [-0.2, -0.15) is 0 Å². The minimum atomic E-state index is 0.665. The number of imidazole rings is 1. The molecule has 86 valence electrons. The molecule has 1 atom stereocenters. The van der Waals surface area contributed by atoms with Gasteiger partial charge in [0, 0.05) is 24.5 Å². The van der Waals surface area contributed by atoms with Crippen molar-refractivity contribution in [3.8, 4) is 0 Å². The Bertz CT molecular complexity index is 231. The number of nitrogens with zero attached hydrogens (tertiary/aromatic N) is 1. The topological polar surface area (TPSA) is 40.7 Å². The first-order valence-electron chi connectivity index (χ1n) is 6.07. The van der Waals surface area contributed by atoms with Gasteiger partial charge in [0.2, 0.25) is 0 Å². The normalized spacial score (nSPS) is 12.9. The van der Waals surface area contributed by atoms with Crippen molar-refractivity contribution in [1.29, 1.82) is 0 Å². The van der Waals surface area contributed by atoms with Crippen molar-refractivity contribution in [1.82, 2.24) is 15.3 Å². The minimum absolute atomic E-state index is 0.665. The smallest absolute Gasteiger partial charge is 0.0922 e. The molecule has 0 aliphatic heterocycles. The summed E-state index contributed by atoms with van der Waals surface area (Å²) < 4.78 is 0. The Hall–Kier alpha value is -0.830. The Labute approximate surface area is 92.7 Å². The van der Waals surface area contributed by atoms with Crippen LogP contribution in [0, 0.1) is 0 Å². The van der Waals surface area contributed by atoms with E-state index in [1.165, 1.54) is 37.8 Å². The van der Waals surface area contributed by atoms with E-state index < -0.39 is 0 Å². The van der Waals surface area contributed by atoms with Crippen LogP contribution in [0.1, 0.15) is 51.6 Å². The molecule has 15 heavy (non-hydrogen) atoms. The van der Waals surface area contributed by atoms with Gasteiger partial charge in [-0.3, -0.25) is 0 Å². The van der Waals surface area contributed by atoms with E-state index in [0.29, 0.717) is 6.04 Å². The Balaban J connectivity index is 2.24. The molecule has 1 aromatic heterocycles. The van der Waals surface area contributed by atoms with Crippen LogP contribution in [0.25, 0.3) is 0 Å². The summed E-state index contributed by atoms with van der Waals surface area (Å²) >= 11 is 0. The molecule has 0 amide bonds. The van der Waals surface area contributed by atoms with E-state index in [1.807, 2.05) is 6.20 Å². The van der Waals surface area contributed by atoms with Crippen LogP contribution in [-0.2, 0) is 6.54 Å². The highest BCUT2D eigenvalue weighted by atomic mass is 15.0. The number of aromatic nitrogens is 2. The molecule has 1 unspecified atom stereocenters. The number of aromatic amines is 1. The third-order valence-corrected chi connectivity index (χ3v) is 2.68. The van der Waals surface area contributed by atoms with Crippen molar-refractivity contribution >= 4 is 0 Å². The van der Waals surface area contributed by atoms with Gasteiger partial charge in [0.15, 0.2) is 0 Å². The lowest BCUT2D eigenvalue weighted by Gasteiger charge is -2.17. The molecule has 1 rings (SSSR count). The predicted molar refractivity (Wildman–Crippen MR) is 63.6 cm³/mol. The molecule has 3 heteroatoms. The molecule has 0 radical (unpaired) electrons. The van der Waals surface area contributed by atoms with Crippen LogP contribution >= 0.6 is 0 Å². The Morgan fingerprint density at radius 2 is 2.20 bits per heavy atom. The van der Waals surface area contributed by atoms with E-state index in [0.717, 1.165) is 6.54 Å². The molecule has 3 nitrogen and oxygen atoms in total. The quantitative estimate of drug-likeness (QED) is 0.691. The third kappa shape index (κ3) is 4.98. The number of rotatable bonds is 8. The fourth-order valence-corrected chi connectivity index (χ4v) is 1.78. The van der Waals surface area contributed by atoms with Crippen LogP contribution in [0.2, 0.25) is 0 Å². The Morgan fingerprint density at radius 3 is 2.80 bits per heavy atom. The molecule has 0 spiro atoms. The zero-order valence-electron chi connectivity index (χ0n) is 9.92. The molecule has 0 aliphatic carbocycles. The number of hydrogen-bond acceptors (Lipinski definition) is 2. The van der Waals surface area contributed by atoms with Crippen LogP contribution in [0.4, 0.5) is 0 Å². The first kappa shape index (κ1) is 12.2. The van der Waals surface area contributed by atoms with Gasteiger partial charge in [-0.1, -0.05) is 33.1 Å². The molecule has 0 saturated heterocycles. The van der Waals surface area contributed by atoms with E-state index in [9.17, 15) is 0 Å². The first-order chi connectivity index (χ1) is 7.36. The summed E-state index contributed by atoms with van der Waals surface area (Å²) in [6.07, 6.45) is 10.0. The summed E-state index contributed by atoms with van der Waals surface area (Å²) in [6.45, 7) is 5.41. The minimum Gasteiger partial charge on any atom is -0.347 e. The van der Waals surface area contributed by atoms with Crippen LogP contribution < -0.4 is 5.32 Å². The average Bonchev–Trinajstić information content (AvgIpc) is 2.75. The van der Waals surface area contributed by atoms with Crippen LogP contribution in [0.3, 0.4) is 0 Å². The zero-order chi connectivity index (χ0) is 10.9. The zero-order valence-corrected chi connectivity index (χ0v) is 9.92. The summed E-state index contributed by atoms with van der Waals surface area (Å²) in [5.41, 5.74) is 1.17. The lowest BCUT2D eigenvalue weighted by Crippen LogP contribution is -2.28. The number of H-pyrrole nitrogens is 1. The molecule has 0 fully saturated rings. The number of nitrogens with one attached hydrogen (secondary N) is 2. The maximum Gasteiger partial charge on any atom is 0.0922 e. The van der Waals surface area contributed by atoms with Gasteiger partial charge >= 0.3 is 0 Å². The van der Waals surface area contributed by atoms with Crippen molar-refractivity contribution in [3.63, 3.8) is 0 Å². The standard InChI is InChI=1S/C12H23N3/c1-3-5-7-11(6-4-2)14-9-12-8-13-10-15-12/h8,10-11,14H,3-7,9H2,1-2H3,(H,13,15). The van der Waals surface area contributed by atoms with Crippen molar-refractivity contribution in [2.24, 2.45) is 0 Å². The lowest BCUT2D eigenvalue weighted by atomic mass is 10.1. The van der Waals surface area contributed by atoms with Gasteiger partial charge in [-0.25, -0.2) is 4.98 Å². The Morgan fingerprint density at radius 1 is 1.33 bits per heavy atom. The van der Waals surface area contributed by atoms with Crippen molar-refractivity contribution in [2.75, 3.05) is 0 Å². The fraction of sp³-hybridized carbons (Fsp3) is 0.750. The van der Waals surface area contributed by atoms with Gasteiger partial charge in [0.1, 0.15) is 0 Å². The molecule has 0 bridgehead atoms. The molecule has 0 saturated carbocycles. The largest absolute Gasteiger partial charge is 0.347 e. The highest BCUT2D eigenvalue weighted by molar-refractivity contribution is 4.93. The van der Waals surface area contributed by atoms with E-state index in [2.05, 4.69) is 29.1 Å². The van der Waals surface area contributed by atoms with Gasteiger partial charge in [-0.05, 0) is 12.8 Å². The van der Waals surface area contributed by atoms with Crippen LogP contribution in [0.5, 0.6) is 0 Å². The summed E-state index contributed by atoms with van der Waals surface area (Å²) in [5.74, 6) is 0. The lowest BCUT2D eigenvalue weighted by molar-refractivity contribution is 0.432. The highest BCUT2D eigenvalue weighted by Gasteiger charge is 2.06. The maximum atomic E-state index is 4.01. The van der Waals surface area contributed by atoms with E-state index in [-0.39, 0.29) is 0 Å². The molecule has 2 N–H and O–H groups in total. The first-order valence-corrected chi connectivity index (χ1v) is 6.07. The summed E-state index contributed by atoms with van der Waals surface area (Å²) in [5, 5.41) is 3.59. The number of hydrogen-bond donors (Lipinski definition) is 2. The summed E-state index contributed by atoms with van der Waals surface area (Å²) in [6, 6.07) is 0.665. The maximum absolute atomic E-state index is 4.01. The molecule has 0 aromatic carbocycles. The second-order valence-electron chi connectivity index (χ2n) is 4.09. The van der Waals surface area contributed by atoms with Gasteiger partial charge < -0.3 is 10.3 Å². The van der Waals surface area contributed by atoms with E-state index in [1.54, 1.807) is 6.33 Å². The molecule has 1 aromatic rings. The van der Waals surface area contributed by atoms with Crippen molar-refractivity contribution in [2.45, 2.75) is 58.5 Å². The van der Waals surface area contributed by atoms with Crippen molar-refractivity contribution in [3.05, 3.63) is 18.2 Å². The SMILES string of the molecule is CCCCC(CCC)NCc1cnc[nH]1. The third-order valence-electron chi connectivity index (χ3n) is 2.68. The molecular formula is C12H23N3. The van der Waals surface area contributed by atoms with Gasteiger partial charge in [0.05, 0.1) is 6.33 Å². The number of unbranched alkanes of at least 4 members (excludes halogenated alkanes) is 1.